The molecular formula is C26H29N3OS. The third kappa shape index (κ3) is 4.63. The number of hydrogen-bond acceptors (Lipinski definition) is 4. The first-order chi connectivity index (χ1) is 15.1. The minimum Gasteiger partial charge on any atom is -0.302 e. The highest BCUT2D eigenvalue weighted by molar-refractivity contribution is 7.22. The van der Waals surface area contributed by atoms with Crippen molar-refractivity contribution in [3.8, 4) is 0 Å². The highest BCUT2D eigenvalue weighted by Gasteiger charge is 2.22. The standard InChI is InChI=1S/C26H29N3OS/c1-4-19-11-14-23-24(17-19)31-26(27-23)29(16-15-28(5-2)6-3)25(30)22-13-12-20-9-7-8-10-21(20)18-22/h7-14,17-18H,4-6,15-16H2,1-3H3. The number of nitrogens with zero attached hydrogens (tertiary/aromatic N) is 3. The van der Waals surface area contributed by atoms with Gasteiger partial charge in [-0.2, -0.15) is 0 Å². The van der Waals surface area contributed by atoms with Crippen LogP contribution >= 0.6 is 11.3 Å². The Balaban J connectivity index is 1.71. The first kappa shape index (κ1) is 21.5. The topological polar surface area (TPSA) is 36.4 Å². The lowest BCUT2D eigenvalue weighted by Gasteiger charge is -2.24. The Hall–Kier alpha value is -2.76. The van der Waals surface area contributed by atoms with Crippen LogP contribution in [0.15, 0.2) is 60.7 Å². The van der Waals surface area contributed by atoms with Crippen LogP contribution in [0.2, 0.25) is 0 Å². The van der Waals surface area contributed by atoms with Crippen LogP contribution in [-0.2, 0) is 6.42 Å². The molecule has 1 amide bonds. The predicted molar refractivity (Wildman–Crippen MR) is 132 cm³/mol. The molecule has 4 rings (SSSR count). The van der Waals surface area contributed by atoms with Crippen LogP contribution in [-0.4, -0.2) is 42.0 Å². The molecule has 0 N–H and O–H groups in total. The van der Waals surface area contributed by atoms with Crippen molar-refractivity contribution in [2.75, 3.05) is 31.1 Å². The van der Waals surface area contributed by atoms with E-state index in [1.54, 1.807) is 11.3 Å². The van der Waals surface area contributed by atoms with Gasteiger partial charge in [-0.05, 0) is 60.1 Å². The number of carbonyl (C=O) groups is 1. The van der Waals surface area contributed by atoms with Crippen LogP contribution in [0, 0.1) is 0 Å². The molecule has 1 heterocycles. The van der Waals surface area contributed by atoms with E-state index in [0.29, 0.717) is 12.1 Å². The zero-order chi connectivity index (χ0) is 21.8. The average Bonchev–Trinajstić information content (AvgIpc) is 3.24. The van der Waals surface area contributed by atoms with Crippen LogP contribution in [0.4, 0.5) is 5.13 Å². The number of aryl methyl sites for hydroxylation is 1. The summed E-state index contributed by atoms with van der Waals surface area (Å²) < 4.78 is 1.13. The van der Waals surface area contributed by atoms with E-state index in [1.165, 1.54) is 5.56 Å². The van der Waals surface area contributed by atoms with E-state index in [-0.39, 0.29) is 5.91 Å². The zero-order valence-corrected chi connectivity index (χ0v) is 19.3. The van der Waals surface area contributed by atoms with Gasteiger partial charge in [0.1, 0.15) is 0 Å². The Labute approximate surface area is 188 Å². The Bertz CT molecular complexity index is 1200. The van der Waals surface area contributed by atoms with E-state index < -0.39 is 0 Å². The van der Waals surface area contributed by atoms with Gasteiger partial charge in [0.15, 0.2) is 5.13 Å². The molecule has 31 heavy (non-hydrogen) atoms. The number of aromatic nitrogens is 1. The molecule has 0 aliphatic rings. The molecule has 3 aromatic carbocycles. The summed E-state index contributed by atoms with van der Waals surface area (Å²) in [6.07, 6.45) is 0.991. The second-order valence-electron chi connectivity index (χ2n) is 7.70. The molecule has 160 valence electrons. The van der Waals surface area contributed by atoms with Gasteiger partial charge in [-0.15, -0.1) is 0 Å². The molecule has 1 aromatic heterocycles. The van der Waals surface area contributed by atoms with E-state index >= 15 is 0 Å². The van der Waals surface area contributed by atoms with Crippen LogP contribution in [0.3, 0.4) is 0 Å². The molecule has 0 spiro atoms. The van der Waals surface area contributed by atoms with Gasteiger partial charge < -0.3 is 4.90 Å². The Morgan fingerprint density at radius 2 is 1.68 bits per heavy atom. The summed E-state index contributed by atoms with van der Waals surface area (Å²) in [7, 11) is 0. The number of thiazole rings is 1. The van der Waals surface area contributed by atoms with E-state index in [9.17, 15) is 4.79 Å². The zero-order valence-electron chi connectivity index (χ0n) is 18.5. The molecule has 0 atom stereocenters. The SMILES string of the molecule is CCc1ccc2nc(N(CCN(CC)CC)C(=O)c3ccc4ccccc4c3)sc2c1. The van der Waals surface area contributed by atoms with Crippen molar-refractivity contribution in [1.29, 1.82) is 0 Å². The Kier molecular flexibility index (Phi) is 6.64. The summed E-state index contributed by atoms with van der Waals surface area (Å²) in [5.41, 5.74) is 2.95. The summed E-state index contributed by atoms with van der Waals surface area (Å²) in [4.78, 5) is 22.7. The predicted octanol–water partition coefficient (Wildman–Crippen LogP) is 6.00. The monoisotopic (exact) mass is 431 g/mol. The molecule has 0 unspecified atom stereocenters. The number of rotatable bonds is 8. The summed E-state index contributed by atoms with van der Waals surface area (Å²) in [6, 6.07) is 20.5. The van der Waals surface area contributed by atoms with Gasteiger partial charge in [0.25, 0.3) is 5.91 Å². The van der Waals surface area contributed by atoms with Crippen molar-refractivity contribution in [2.45, 2.75) is 27.2 Å². The van der Waals surface area contributed by atoms with Crippen molar-refractivity contribution in [1.82, 2.24) is 9.88 Å². The van der Waals surface area contributed by atoms with Gasteiger partial charge in [0.2, 0.25) is 0 Å². The molecule has 4 nitrogen and oxygen atoms in total. The fourth-order valence-electron chi connectivity index (χ4n) is 3.84. The summed E-state index contributed by atoms with van der Waals surface area (Å²) in [5, 5.41) is 2.99. The van der Waals surface area contributed by atoms with Crippen LogP contribution in [0.5, 0.6) is 0 Å². The van der Waals surface area contributed by atoms with E-state index in [2.05, 4.69) is 56.0 Å². The summed E-state index contributed by atoms with van der Waals surface area (Å²) in [6.45, 7) is 9.84. The molecule has 0 bridgehead atoms. The average molecular weight is 432 g/mol. The number of fused-ring (bicyclic) bond motifs is 2. The third-order valence-electron chi connectivity index (χ3n) is 5.86. The van der Waals surface area contributed by atoms with Gasteiger partial charge in [-0.25, -0.2) is 4.98 Å². The van der Waals surface area contributed by atoms with Gasteiger partial charge in [-0.1, -0.05) is 68.5 Å². The number of hydrogen-bond donors (Lipinski definition) is 0. The summed E-state index contributed by atoms with van der Waals surface area (Å²) >= 11 is 1.60. The minimum atomic E-state index is 0.00711. The lowest BCUT2D eigenvalue weighted by Crippen LogP contribution is -2.38. The molecular weight excluding hydrogens is 402 g/mol. The molecule has 0 saturated carbocycles. The van der Waals surface area contributed by atoms with Crippen molar-refractivity contribution in [3.63, 3.8) is 0 Å². The highest BCUT2D eigenvalue weighted by atomic mass is 32.1. The second-order valence-corrected chi connectivity index (χ2v) is 8.71. The number of amides is 1. The highest BCUT2D eigenvalue weighted by Crippen LogP contribution is 2.31. The summed E-state index contributed by atoms with van der Waals surface area (Å²) in [5.74, 6) is 0.00711. The normalized spacial score (nSPS) is 11.5. The molecule has 0 fully saturated rings. The largest absolute Gasteiger partial charge is 0.302 e. The quantitative estimate of drug-likeness (QED) is 0.343. The maximum atomic E-state index is 13.7. The minimum absolute atomic E-state index is 0.00711. The third-order valence-corrected chi connectivity index (χ3v) is 6.90. The fourth-order valence-corrected chi connectivity index (χ4v) is 4.89. The van der Waals surface area contributed by atoms with Crippen LogP contribution < -0.4 is 4.90 Å². The van der Waals surface area contributed by atoms with Crippen molar-refractivity contribution in [2.24, 2.45) is 0 Å². The van der Waals surface area contributed by atoms with Crippen LogP contribution in [0.25, 0.3) is 21.0 Å². The number of likely N-dealkylation sites (N-methyl/N-ethyl adjacent to an activating group) is 1. The molecule has 0 aliphatic carbocycles. The van der Waals surface area contributed by atoms with E-state index in [4.69, 9.17) is 4.98 Å². The van der Waals surface area contributed by atoms with Gasteiger partial charge in [0, 0.05) is 18.7 Å². The molecule has 0 radical (unpaired) electrons. The molecule has 0 saturated heterocycles. The van der Waals surface area contributed by atoms with Crippen LogP contribution in [0.1, 0.15) is 36.7 Å². The maximum Gasteiger partial charge on any atom is 0.260 e. The number of benzene rings is 3. The smallest absolute Gasteiger partial charge is 0.260 e. The number of carbonyl (C=O) groups excluding carboxylic acids is 1. The Morgan fingerprint density at radius 1 is 0.903 bits per heavy atom. The number of anilines is 1. The van der Waals surface area contributed by atoms with E-state index in [1.807, 2.05) is 35.2 Å². The van der Waals surface area contributed by atoms with Crippen molar-refractivity contribution >= 4 is 43.4 Å². The molecule has 4 aromatic rings. The first-order valence-corrected chi connectivity index (χ1v) is 11.9. The lowest BCUT2D eigenvalue weighted by molar-refractivity contribution is 0.0984. The van der Waals surface area contributed by atoms with Gasteiger partial charge in [-0.3, -0.25) is 9.69 Å². The van der Waals surface area contributed by atoms with E-state index in [0.717, 1.165) is 52.2 Å². The van der Waals surface area contributed by atoms with Gasteiger partial charge >= 0.3 is 0 Å². The first-order valence-electron chi connectivity index (χ1n) is 11.1. The second kappa shape index (κ2) is 9.58. The van der Waals surface area contributed by atoms with Crippen molar-refractivity contribution in [3.05, 3.63) is 71.8 Å². The van der Waals surface area contributed by atoms with Gasteiger partial charge in [0.05, 0.1) is 10.2 Å². The Morgan fingerprint density at radius 3 is 2.42 bits per heavy atom. The maximum absolute atomic E-state index is 13.7. The lowest BCUT2D eigenvalue weighted by atomic mass is 10.1. The van der Waals surface area contributed by atoms with Crippen molar-refractivity contribution < 1.29 is 4.79 Å². The molecule has 0 aliphatic heterocycles. The molecule has 5 heteroatoms. The fraction of sp³-hybridized carbons (Fsp3) is 0.308.